The molecule has 1 rings (SSSR count). The van der Waals surface area contributed by atoms with Gasteiger partial charge in [-0.1, -0.05) is 6.07 Å². The monoisotopic (exact) mass is 268 g/mol. The third-order valence-corrected chi connectivity index (χ3v) is 3.57. The Bertz CT molecular complexity index is 441. The minimum Gasteiger partial charge on any atom is -0.377 e. The summed E-state index contributed by atoms with van der Waals surface area (Å²) in [4.78, 5) is 14.0. The van der Waals surface area contributed by atoms with Crippen molar-refractivity contribution in [2.45, 2.75) is 20.8 Å². The van der Waals surface area contributed by atoms with Gasteiger partial charge in [0.1, 0.15) is 0 Å². The molecule has 0 saturated carbocycles. The molecule has 18 heavy (non-hydrogen) atoms. The van der Waals surface area contributed by atoms with Gasteiger partial charge in [0.05, 0.1) is 5.41 Å². The number of nitrogens with one attached hydrogen (secondary N) is 1. The van der Waals surface area contributed by atoms with E-state index in [1.54, 1.807) is 0 Å². The van der Waals surface area contributed by atoms with E-state index in [2.05, 4.69) is 5.32 Å². The van der Waals surface area contributed by atoms with E-state index in [4.69, 9.17) is 11.6 Å². The van der Waals surface area contributed by atoms with Crippen LogP contribution in [0.4, 0.5) is 11.4 Å². The molecule has 1 amide bonds. The van der Waals surface area contributed by atoms with Crippen LogP contribution < -0.4 is 10.2 Å². The first-order chi connectivity index (χ1) is 8.27. The van der Waals surface area contributed by atoms with E-state index >= 15 is 0 Å². The van der Waals surface area contributed by atoms with Crippen molar-refractivity contribution >= 4 is 28.9 Å². The zero-order valence-corrected chi connectivity index (χ0v) is 12.4. The summed E-state index contributed by atoms with van der Waals surface area (Å²) < 4.78 is 0. The highest BCUT2D eigenvalue weighted by atomic mass is 35.5. The molecule has 0 fully saturated rings. The molecule has 4 heteroatoms. The van der Waals surface area contributed by atoms with Crippen molar-refractivity contribution in [3.63, 3.8) is 0 Å². The lowest BCUT2D eigenvalue weighted by Gasteiger charge is -2.22. The van der Waals surface area contributed by atoms with Crippen molar-refractivity contribution < 1.29 is 4.79 Å². The molecular formula is C14H21ClN2O. The Hall–Kier alpha value is -1.22. The largest absolute Gasteiger partial charge is 0.377 e. The SMILES string of the molecule is Cc1ccc(NC(=O)C(C)(C)CCl)cc1N(C)C. The number of rotatable bonds is 4. The quantitative estimate of drug-likeness (QED) is 0.850. The fourth-order valence-electron chi connectivity index (χ4n) is 1.53. The molecule has 3 nitrogen and oxygen atoms in total. The number of carbonyl (C=O) groups is 1. The lowest BCUT2D eigenvalue weighted by molar-refractivity contribution is -0.122. The lowest BCUT2D eigenvalue weighted by Crippen LogP contribution is -2.32. The summed E-state index contributed by atoms with van der Waals surface area (Å²) in [5.41, 5.74) is 2.50. The van der Waals surface area contributed by atoms with E-state index in [0.717, 1.165) is 11.4 Å². The minimum atomic E-state index is -0.565. The number of hydrogen-bond acceptors (Lipinski definition) is 2. The summed E-state index contributed by atoms with van der Waals surface area (Å²) in [5, 5.41) is 2.91. The van der Waals surface area contributed by atoms with Crippen molar-refractivity contribution in [1.29, 1.82) is 0 Å². The molecule has 0 saturated heterocycles. The molecule has 0 spiro atoms. The van der Waals surface area contributed by atoms with Crippen LogP contribution in [0.15, 0.2) is 18.2 Å². The van der Waals surface area contributed by atoms with Gasteiger partial charge >= 0.3 is 0 Å². The Morgan fingerprint density at radius 2 is 2.00 bits per heavy atom. The zero-order chi connectivity index (χ0) is 13.9. The molecule has 0 aliphatic rings. The number of halogens is 1. The van der Waals surface area contributed by atoms with E-state index in [1.807, 2.05) is 58.0 Å². The van der Waals surface area contributed by atoms with Crippen LogP contribution in [0.5, 0.6) is 0 Å². The minimum absolute atomic E-state index is 0.0638. The summed E-state index contributed by atoms with van der Waals surface area (Å²) in [6, 6.07) is 5.88. The maximum absolute atomic E-state index is 12.0. The van der Waals surface area contributed by atoms with E-state index in [-0.39, 0.29) is 5.91 Å². The van der Waals surface area contributed by atoms with E-state index in [9.17, 15) is 4.79 Å². The normalized spacial score (nSPS) is 11.2. The zero-order valence-electron chi connectivity index (χ0n) is 11.7. The summed E-state index contributed by atoms with van der Waals surface area (Å²) >= 11 is 5.79. The summed E-state index contributed by atoms with van der Waals surface area (Å²) in [5.74, 6) is 0.233. The first-order valence-electron chi connectivity index (χ1n) is 5.93. The molecule has 0 aromatic heterocycles. The molecule has 1 aromatic rings. The highest BCUT2D eigenvalue weighted by Crippen LogP contribution is 2.25. The van der Waals surface area contributed by atoms with Crippen LogP contribution >= 0.6 is 11.6 Å². The predicted molar refractivity (Wildman–Crippen MR) is 78.6 cm³/mol. The van der Waals surface area contributed by atoms with E-state index in [0.29, 0.717) is 5.88 Å². The second-order valence-electron chi connectivity index (χ2n) is 5.37. The smallest absolute Gasteiger partial charge is 0.231 e. The number of alkyl halides is 1. The van der Waals surface area contributed by atoms with Gasteiger partial charge in [-0.15, -0.1) is 11.6 Å². The van der Waals surface area contributed by atoms with Crippen LogP contribution in [0.1, 0.15) is 19.4 Å². The van der Waals surface area contributed by atoms with Crippen LogP contribution in [-0.4, -0.2) is 25.9 Å². The molecular weight excluding hydrogens is 248 g/mol. The molecule has 0 aliphatic heterocycles. The van der Waals surface area contributed by atoms with E-state index in [1.165, 1.54) is 5.56 Å². The summed E-state index contributed by atoms with van der Waals surface area (Å²) in [7, 11) is 3.97. The molecule has 0 bridgehead atoms. The number of aryl methyl sites for hydroxylation is 1. The standard InChI is InChI=1S/C14H21ClN2O/c1-10-6-7-11(8-12(10)17(4)5)16-13(18)14(2,3)9-15/h6-8H,9H2,1-5H3,(H,16,18). The fourth-order valence-corrected chi connectivity index (χ4v) is 1.65. The Labute approximate surface area is 114 Å². The van der Waals surface area contributed by atoms with Crippen molar-refractivity contribution in [3.05, 3.63) is 23.8 Å². The van der Waals surface area contributed by atoms with Gasteiger partial charge < -0.3 is 10.2 Å². The van der Waals surface area contributed by atoms with Crippen molar-refractivity contribution in [2.75, 3.05) is 30.2 Å². The summed E-state index contributed by atoms with van der Waals surface area (Å²) in [6.07, 6.45) is 0. The van der Waals surface area contributed by atoms with Crippen molar-refractivity contribution in [2.24, 2.45) is 5.41 Å². The van der Waals surface area contributed by atoms with Gasteiger partial charge in [-0.25, -0.2) is 0 Å². The molecule has 0 radical (unpaired) electrons. The average molecular weight is 269 g/mol. The third kappa shape index (κ3) is 3.39. The van der Waals surface area contributed by atoms with Gasteiger partial charge in [-0.05, 0) is 38.5 Å². The van der Waals surface area contributed by atoms with Crippen LogP contribution in [0.25, 0.3) is 0 Å². The number of hydrogen-bond donors (Lipinski definition) is 1. The Balaban J connectivity index is 2.93. The third-order valence-electron chi connectivity index (χ3n) is 2.90. The maximum atomic E-state index is 12.0. The van der Waals surface area contributed by atoms with Gasteiger partial charge in [-0.3, -0.25) is 4.79 Å². The number of nitrogens with zero attached hydrogens (tertiary/aromatic N) is 1. The van der Waals surface area contributed by atoms with E-state index < -0.39 is 5.41 Å². The van der Waals surface area contributed by atoms with Gasteiger partial charge in [0.25, 0.3) is 0 Å². The highest BCUT2D eigenvalue weighted by molar-refractivity contribution is 6.20. The number of amides is 1. The van der Waals surface area contributed by atoms with Crippen LogP contribution in [-0.2, 0) is 4.79 Å². The molecule has 1 aromatic carbocycles. The Kier molecular flexibility index (Phi) is 4.63. The van der Waals surface area contributed by atoms with Gasteiger partial charge in [0.2, 0.25) is 5.91 Å². The Morgan fingerprint density at radius 3 is 2.50 bits per heavy atom. The molecule has 0 unspecified atom stereocenters. The molecule has 0 atom stereocenters. The molecule has 0 aliphatic carbocycles. The maximum Gasteiger partial charge on any atom is 0.231 e. The topological polar surface area (TPSA) is 32.3 Å². The lowest BCUT2D eigenvalue weighted by atomic mass is 9.95. The average Bonchev–Trinajstić information content (AvgIpc) is 2.31. The first-order valence-corrected chi connectivity index (χ1v) is 6.47. The fraction of sp³-hybridized carbons (Fsp3) is 0.500. The second kappa shape index (κ2) is 5.61. The van der Waals surface area contributed by atoms with Gasteiger partial charge in [-0.2, -0.15) is 0 Å². The Morgan fingerprint density at radius 1 is 1.39 bits per heavy atom. The number of benzene rings is 1. The van der Waals surface area contributed by atoms with Gasteiger partial charge in [0, 0.05) is 31.4 Å². The molecule has 100 valence electrons. The van der Waals surface area contributed by atoms with Crippen molar-refractivity contribution in [3.8, 4) is 0 Å². The summed E-state index contributed by atoms with van der Waals surface area (Å²) in [6.45, 7) is 5.70. The second-order valence-corrected chi connectivity index (χ2v) is 5.63. The predicted octanol–water partition coefficient (Wildman–Crippen LogP) is 3.26. The van der Waals surface area contributed by atoms with Crippen LogP contribution in [0, 0.1) is 12.3 Å². The van der Waals surface area contributed by atoms with Crippen LogP contribution in [0.2, 0.25) is 0 Å². The molecule has 1 N–H and O–H groups in total. The molecule has 0 heterocycles. The number of anilines is 2. The van der Waals surface area contributed by atoms with Crippen LogP contribution in [0.3, 0.4) is 0 Å². The van der Waals surface area contributed by atoms with Gasteiger partial charge in [0.15, 0.2) is 0 Å². The van der Waals surface area contributed by atoms with Crippen molar-refractivity contribution in [1.82, 2.24) is 0 Å². The first kappa shape index (κ1) is 14.8. The highest BCUT2D eigenvalue weighted by Gasteiger charge is 2.26. The number of carbonyl (C=O) groups excluding carboxylic acids is 1.